The average molecular weight is 294 g/mol. The largest absolute Gasteiger partial charge is 0.358 e. The summed E-state index contributed by atoms with van der Waals surface area (Å²) in [6, 6.07) is 6.17. The third-order valence-electron chi connectivity index (χ3n) is 2.62. The number of imidazole rings is 1. The first-order valence-corrected chi connectivity index (χ1v) is 6.50. The summed E-state index contributed by atoms with van der Waals surface area (Å²) >= 11 is 1.33. The van der Waals surface area contributed by atoms with Gasteiger partial charge in [0.1, 0.15) is 6.20 Å². The summed E-state index contributed by atoms with van der Waals surface area (Å²) in [7, 11) is 1.57. The molecule has 2 aromatic rings. The summed E-state index contributed by atoms with van der Waals surface area (Å²) in [4.78, 5) is 24.2. The van der Waals surface area contributed by atoms with Gasteiger partial charge in [-0.25, -0.2) is 9.55 Å². The number of hydrogen-bond acceptors (Lipinski definition) is 6. The van der Waals surface area contributed by atoms with Crippen molar-refractivity contribution in [2.24, 2.45) is 7.05 Å². The van der Waals surface area contributed by atoms with E-state index < -0.39 is 9.85 Å². The lowest BCUT2D eigenvalue weighted by atomic mass is 10.2. The Labute approximate surface area is 117 Å². The van der Waals surface area contributed by atoms with Gasteiger partial charge < -0.3 is 10.1 Å². The maximum atomic E-state index is 10.7. The molecule has 1 aromatic carbocycles. The summed E-state index contributed by atoms with van der Waals surface area (Å²) in [5.41, 5.74) is 0.914. The molecule has 0 spiro atoms. The third kappa shape index (κ3) is 2.94. The summed E-state index contributed by atoms with van der Waals surface area (Å²) in [6.07, 6.45) is 1.21. The second-order valence-electron chi connectivity index (χ2n) is 3.93. The number of benzene rings is 1. The highest BCUT2D eigenvalue weighted by Crippen LogP contribution is 2.25. The molecule has 20 heavy (non-hydrogen) atoms. The molecule has 0 atom stereocenters. The lowest BCUT2D eigenvalue weighted by molar-refractivity contribution is -0.392. The van der Waals surface area contributed by atoms with Gasteiger partial charge in [0.15, 0.2) is 0 Å². The minimum atomic E-state index is -0.497. The molecule has 0 aliphatic heterocycles. The molecule has 104 valence electrons. The van der Waals surface area contributed by atoms with Crippen molar-refractivity contribution in [2.45, 2.75) is 10.9 Å². The number of rotatable bonds is 5. The number of nitro benzene ring substituents is 1. The van der Waals surface area contributed by atoms with Crippen LogP contribution in [0.2, 0.25) is 0 Å². The zero-order valence-electron chi connectivity index (χ0n) is 10.4. The first-order valence-electron chi connectivity index (χ1n) is 5.51. The first kappa shape index (κ1) is 14.0. The average Bonchev–Trinajstić information content (AvgIpc) is 2.78. The van der Waals surface area contributed by atoms with Crippen LogP contribution in [0, 0.1) is 20.2 Å². The van der Waals surface area contributed by atoms with Crippen LogP contribution >= 0.6 is 11.8 Å². The van der Waals surface area contributed by atoms with E-state index in [4.69, 9.17) is 0 Å². The fourth-order valence-electron chi connectivity index (χ4n) is 1.55. The van der Waals surface area contributed by atoms with Crippen LogP contribution in [0.3, 0.4) is 0 Å². The molecular formula is C11H10N4O4S. The van der Waals surface area contributed by atoms with E-state index in [1.54, 1.807) is 19.2 Å². The van der Waals surface area contributed by atoms with Gasteiger partial charge in [-0.2, -0.15) is 0 Å². The molecule has 9 heteroatoms. The predicted octanol–water partition coefficient (Wildman–Crippen LogP) is 2.53. The molecule has 0 aliphatic carbocycles. The number of thioether (sulfide) groups is 1. The summed E-state index contributed by atoms with van der Waals surface area (Å²) < 4.78 is 1.40. The van der Waals surface area contributed by atoms with E-state index in [9.17, 15) is 20.2 Å². The molecule has 0 fully saturated rings. The lowest BCUT2D eigenvalue weighted by Gasteiger charge is -2.00. The van der Waals surface area contributed by atoms with Crippen molar-refractivity contribution in [3.05, 3.63) is 56.3 Å². The molecule has 1 heterocycles. The standard InChI is InChI=1S/C11H10N4O4S/c1-13-10(15(18)19)6-12-11(13)20-7-8-2-4-9(5-3-8)14(16)17/h2-6H,7H2,1H3. The number of aromatic nitrogens is 2. The number of hydrogen-bond donors (Lipinski definition) is 0. The Bertz CT molecular complexity index is 653. The SMILES string of the molecule is Cn1c([N+](=O)[O-])cnc1SCc1ccc([N+](=O)[O-])cc1. The smallest absolute Gasteiger partial charge is 0.343 e. The fourth-order valence-corrected chi connectivity index (χ4v) is 2.45. The second-order valence-corrected chi connectivity index (χ2v) is 4.87. The molecule has 0 radical (unpaired) electrons. The van der Waals surface area contributed by atoms with Gasteiger partial charge in [0.05, 0.1) is 12.0 Å². The molecule has 0 saturated carbocycles. The molecule has 0 bridgehead atoms. The molecule has 0 N–H and O–H groups in total. The van der Waals surface area contributed by atoms with Crippen LogP contribution in [0.15, 0.2) is 35.6 Å². The van der Waals surface area contributed by atoms with Crippen LogP contribution in [0.25, 0.3) is 0 Å². The zero-order valence-corrected chi connectivity index (χ0v) is 11.2. The van der Waals surface area contributed by atoms with E-state index >= 15 is 0 Å². The van der Waals surface area contributed by atoms with E-state index in [1.165, 1.54) is 34.7 Å². The Morgan fingerprint density at radius 2 is 1.85 bits per heavy atom. The Hall–Kier alpha value is -2.42. The van der Waals surface area contributed by atoms with Gasteiger partial charge in [-0.1, -0.05) is 23.9 Å². The molecule has 1 aromatic heterocycles. The van der Waals surface area contributed by atoms with Crippen LogP contribution in [-0.2, 0) is 12.8 Å². The van der Waals surface area contributed by atoms with Gasteiger partial charge in [-0.15, -0.1) is 0 Å². The Morgan fingerprint density at radius 3 is 2.35 bits per heavy atom. The first-order chi connectivity index (χ1) is 9.49. The van der Waals surface area contributed by atoms with Gasteiger partial charge in [-0.05, 0) is 10.5 Å². The molecule has 0 saturated heterocycles. The summed E-state index contributed by atoms with van der Waals surface area (Å²) in [5, 5.41) is 21.7. The van der Waals surface area contributed by atoms with Crippen molar-refractivity contribution in [3.63, 3.8) is 0 Å². The van der Waals surface area contributed by atoms with E-state index in [0.29, 0.717) is 10.9 Å². The fraction of sp³-hybridized carbons (Fsp3) is 0.182. The Morgan fingerprint density at radius 1 is 1.20 bits per heavy atom. The molecule has 2 rings (SSSR count). The van der Waals surface area contributed by atoms with Crippen molar-refractivity contribution in [1.29, 1.82) is 0 Å². The summed E-state index contributed by atoms with van der Waals surface area (Å²) in [6.45, 7) is 0. The maximum Gasteiger partial charge on any atom is 0.343 e. The number of nitro groups is 2. The minimum absolute atomic E-state index is 0.0337. The second kappa shape index (κ2) is 5.70. The summed E-state index contributed by atoms with van der Waals surface area (Å²) in [5.74, 6) is 0.455. The number of non-ortho nitro benzene ring substituents is 1. The van der Waals surface area contributed by atoms with Gasteiger partial charge in [-0.3, -0.25) is 10.1 Å². The molecular weight excluding hydrogens is 284 g/mol. The van der Waals surface area contributed by atoms with Gasteiger partial charge >= 0.3 is 5.82 Å². The zero-order chi connectivity index (χ0) is 14.7. The van der Waals surface area contributed by atoms with Gasteiger partial charge in [0.2, 0.25) is 0 Å². The van der Waals surface area contributed by atoms with E-state index in [2.05, 4.69) is 4.98 Å². The Kier molecular flexibility index (Phi) is 3.99. The van der Waals surface area contributed by atoms with Gasteiger partial charge in [0, 0.05) is 17.9 Å². The van der Waals surface area contributed by atoms with Crippen LogP contribution in [0.1, 0.15) is 5.56 Å². The van der Waals surface area contributed by atoms with E-state index in [1.807, 2.05) is 0 Å². The molecule has 0 amide bonds. The lowest BCUT2D eigenvalue weighted by Crippen LogP contribution is -1.98. The highest BCUT2D eigenvalue weighted by atomic mass is 32.2. The maximum absolute atomic E-state index is 10.7. The highest BCUT2D eigenvalue weighted by molar-refractivity contribution is 7.98. The van der Waals surface area contributed by atoms with Crippen LogP contribution < -0.4 is 0 Å². The van der Waals surface area contributed by atoms with Crippen molar-refractivity contribution < 1.29 is 9.85 Å². The monoisotopic (exact) mass is 294 g/mol. The normalized spacial score (nSPS) is 10.4. The quantitative estimate of drug-likeness (QED) is 0.476. The number of nitrogens with zero attached hydrogens (tertiary/aromatic N) is 4. The Balaban J connectivity index is 2.05. The van der Waals surface area contributed by atoms with Crippen LogP contribution in [0.4, 0.5) is 11.5 Å². The van der Waals surface area contributed by atoms with E-state index in [0.717, 1.165) is 5.56 Å². The molecule has 8 nitrogen and oxygen atoms in total. The van der Waals surface area contributed by atoms with Crippen molar-refractivity contribution in [1.82, 2.24) is 9.55 Å². The third-order valence-corrected chi connectivity index (χ3v) is 3.74. The van der Waals surface area contributed by atoms with Crippen molar-refractivity contribution in [3.8, 4) is 0 Å². The van der Waals surface area contributed by atoms with Crippen molar-refractivity contribution >= 4 is 23.3 Å². The van der Waals surface area contributed by atoms with Crippen molar-refractivity contribution in [2.75, 3.05) is 0 Å². The topological polar surface area (TPSA) is 104 Å². The predicted molar refractivity (Wildman–Crippen MR) is 72.5 cm³/mol. The minimum Gasteiger partial charge on any atom is -0.358 e. The van der Waals surface area contributed by atoms with Crippen LogP contribution in [0.5, 0.6) is 0 Å². The molecule has 0 unspecified atom stereocenters. The molecule has 0 aliphatic rings. The van der Waals surface area contributed by atoms with Gasteiger partial charge in [0.25, 0.3) is 10.8 Å². The van der Waals surface area contributed by atoms with E-state index in [-0.39, 0.29) is 11.5 Å². The van der Waals surface area contributed by atoms with Crippen LogP contribution in [-0.4, -0.2) is 19.4 Å². The highest BCUT2D eigenvalue weighted by Gasteiger charge is 2.16.